The molecule has 4 heterocycles. The van der Waals surface area contributed by atoms with Crippen molar-refractivity contribution in [2.45, 2.75) is 12.1 Å². The second-order valence-corrected chi connectivity index (χ2v) is 15.4. The van der Waals surface area contributed by atoms with E-state index in [0.29, 0.717) is 0 Å². The van der Waals surface area contributed by atoms with Crippen molar-refractivity contribution in [3.05, 3.63) is 218 Å². The van der Waals surface area contributed by atoms with Crippen molar-refractivity contribution < 1.29 is 0 Å². The van der Waals surface area contributed by atoms with Crippen molar-refractivity contribution >= 4 is 43.8 Å². The van der Waals surface area contributed by atoms with Gasteiger partial charge in [-0.1, -0.05) is 146 Å². The first-order valence-corrected chi connectivity index (χ1v) is 20.0. The standard InChI is InChI=1S/C54H36N4/c1-3-11-37(12-4-1)51-53(57-29-9-7-15-47(57)55-51)39-21-17-35(18-22-39)45-31-41-25-27-43-33-46(34-44-28-26-42(32-45)49(41)50(43)44)36-19-23-40(24-20-36)54-52(38-13-5-2-6-14-38)56-48-16-8-10-30-58(48)54/h1-34,51,53H. The van der Waals surface area contributed by atoms with Crippen LogP contribution >= 0.6 is 0 Å². The molecule has 0 fully saturated rings. The van der Waals surface area contributed by atoms with Crippen molar-refractivity contribution in [2.75, 3.05) is 0 Å². The average Bonchev–Trinajstić information content (AvgIpc) is 3.88. The molecule has 4 heteroatoms. The van der Waals surface area contributed by atoms with Gasteiger partial charge in [0.2, 0.25) is 0 Å². The normalized spacial score (nSPS) is 16.2. The number of benzene rings is 8. The third kappa shape index (κ3) is 5.23. The minimum absolute atomic E-state index is 0.0309. The van der Waals surface area contributed by atoms with Gasteiger partial charge in [0.05, 0.1) is 17.4 Å². The molecule has 2 aliphatic rings. The fourth-order valence-electron chi connectivity index (χ4n) is 9.34. The van der Waals surface area contributed by atoms with Gasteiger partial charge < -0.3 is 4.90 Å². The molecule has 0 N–H and O–H groups in total. The number of rotatable bonds is 6. The van der Waals surface area contributed by atoms with Crippen LogP contribution in [0.1, 0.15) is 23.2 Å². The minimum Gasteiger partial charge on any atom is -0.323 e. The van der Waals surface area contributed by atoms with E-state index in [1.165, 1.54) is 65.7 Å². The van der Waals surface area contributed by atoms with Crippen LogP contribution in [0.3, 0.4) is 0 Å². The quantitative estimate of drug-likeness (QED) is 0.159. The predicted octanol–water partition coefficient (Wildman–Crippen LogP) is 13.5. The van der Waals surface area contributed by atoms with Gasteiger partial charge in [0.25, 0.3) is 0 Å². The second-order valence-electron chi connectivity index (χ2n) is 15.4. The van der Waals surface area contributed by atoms with Crippen LogP contribution in [0.25, 0.3) is 82.7 Å². The summed E-state index contributed by atoms with van der Waals surface area (Å²) in [6.45, 7) is 0. The lowest BCUT2D eigenvalue weighted by atomic mass is 9.88. The number of aliphatic imine (C=N–C) groups is 1. The molecule has 0 bridgehead atoms. The van der Waals surface area contributed by atoms with E-state index in [4.69, 9.17) is 9.98 Å². The van der Waals surface area contributed by atoms with E-state index in [1.807, 2.05) is 12.1 Å². The molecular weight excluding hydrogens is 705 g/mol. The fourth-order valence-corrected chi connectivity index (χ4v) is 9.34. The van der Waals surface area contributed by atoms with Gasteiger partial charge in [0.1, 0.15) is 17.5 Å². The van der Waals surface area contributed by atoms with Crippen LogP contribution in [0.2, 0.25) is 0 Å². The lowest BCUT2D eigenvalue weighted by Gasteiger charge is -2.28. The lowest BCUT2D eigenvalue weighted by Crippen LogP contribution is -2.26. The zero-order valence-corrected chi connectivity index (χ0v) is 31.6. The molecule has 8 aromatic carbocycles. The highest BCUT2D eigenvalue weighted by atomic mass is 15.3. The van der Waals surface area contributed by atoms with Gasteiger partial charge in [-0.2, -0.15) is 0 Å². The Morgan fingerprint density at radius 3 is 1.66 bits per heavy atom. The van der Waals surface area contributed by atoms with Gasteiger partial charge in [-0.25, -0.2) is 4.98 Å². The van der Waals surface area contributed by atoms with Gasteiger partial charge >= 0.3 is 0 Å². The minimum atomic E-state index is 0.0309. The van der Waals surface area contributed by atoms with Crippen LogP contribution in [0.4, 0.5) is 0 Å². The highest BCUT2D eigenvalue weighted by Gasteiger charge is 2.36. The molecule has 272 valence electrons. The summed E-state index contributed by atoms with van der Waals surface area (Å²) in [5.41, 5.74) is 12.6. The molecule has 2 unspecified atom stereocenters. The van der Waals surface area contributed by atoms with Crippen molar-refractivity contribution in [3.8, 4) is 44.8 Å². The summed E-state index contributed by atoms with van der Waals surface area (Å²) < 4.78 is 2.19. The molecule has 10 aromatic rings. The van der Waals surface area contributed by atoms with Gasteiger partial charge in [-0.05, 0) is 114 Å². The van der Waals surface area contributed by atoms with E-state index in [0.717, 1.165) is 34.0 Å². The fraction of sp³-hybridized carbons (Fsp3) is 0.0370. The summed E-state index contributed by atoms with van der Waals surface area (Å²) in [5, 5.41) is 7.68. The molecule has 2 atom stereocenters. The molecule has 0 radical (unpaired) electrons. The predicted molar refractivity (Wildman–Crippen MR) is 240 cm³/mol. The Morgan fingerprint density at radius 2 is 1.02 bits per heavy atom. The highest BCUT2D eigenvalue weighted by molar-refractivity contribution is 6.24. The lowest BCUT2D eigenvalue weighted by molar-refractivity contribution is 0.396. The summed E-state index contributed by atoms with van der Waals surface area (Å²) in [5.74, 6) is 1.01. The van der Waals surface area contributed by atoms with E-state index in [9.17, 15) is 0 Å². The molecule has 0 spiro atoms. The van der Waals surface area contributed by atoms with Gasteiger partial charge in [0, 0.05) is 23.5 Å². The number of allylic oxidation sites excluding steroid dienone is 2. The van der Waals surface area contributed by atoms with E-state index in [1.54, 1.807) is 0 Å². The molecule has 12 rings (SSSR count). The van der Waals surface area contributed by atoms with Crippen LogP contribution in [0, 0.1) is 0 Å². The van der Waals surface area contributed by atoms with Gasteiger partial charge in [-0.15, -0.1) is 0 Å². The molecule has 58 heavy (non-hydrogen) atoms. The number of fused-ring (bicyclic) bond motifs is 2. The van der Waals surface area contributed by atoms with Crippen LogP contribution in [0.15, 0.2) is 212 Å². The maximum absolute atomic E-state index is 5.16. The Balaban J connectivity index is 0.874. The number of amidine groups is 1. The third-order valence-electron chi connectivity index (χ3n) is 12.1. The summed E-state index contributed by atoms with van der Waals surface area (Å²) in [4.78, 5) is 12.5. The van der Waals surface area contributed by atoms with E-state index in [2.05, 4.69) is 204 Å². The number of aromatic nitrogens is 2. The number of imidazole rings is 1. The summed E-state index contributed by atoms with van der Waals surface area (Å²) >= 11 is 0. The average molecular weight is 741 g/mol. The molecule has 0 saturated carbocycles. The molecular formula is C54H36N4. The Morgan fingerprint density at radius 1 is 0.448 bits per heavy atom. The summed E-state index contributed by atoms with van der Waals surface area (Å²) in [6, 6.07) is 64.1. The number of hydrogen-bond donors (Lipinski definition) is 0. The number of hydrogen-bond acceptors (Lipinski definition) is 3. The third-order valence-corrected chi connectivity index (χ3v) is 12.1. The van der Waals surface area contributed by atoms with Crippen LogP contribution in [-0.4, -0.2) is 20.1 Å². The molecule has 0 amide bonds. The van der Waals surface area contributed by atoms with Crippen molar-refractivity contribution in [1.29, 1.82) is 0 Å². The van der Waals surface area contributed by atoms with Crippen LogP contribution in [-0.2, 0) is 0 Å². The molecule has 0 aliphatic carbocycles. The topological polar surface area (TPSA) is 32.9 Å². The van der Waals surface area contributed by atoms with Crippen molar-refractivity contribution in [2.24, 2.45) is 4.99 Å². The smallest absolute Gasteiger partial charge is 0.137 e. The van der Waals surface area contributed by atoms with Crippen molar-refractivity contribution in [1.82, 2.24) is 14.3 Å². The van der Waals surface area contributed by atoms with Gasteiger partial charge in [0.15, 0.2) is 0 Å². The number of pyridine rings is 1. The van der Waals surface area contributed by atoms with Crippen molar-refractivity contribution in [3.63, 3.8) is 0 Å². The monoisotopic (exact) mass is 740 g/mol. The zero-order chi connectivity index (χ0) is 38.2. The number of nitrogens with zero attached hydrogens (tertiary/aromatic N) is 4. The highest BCUT2D eigenvalue weighted by Crippen LogP contribution is 2.45. The Labute approximate surface area is 336 Å². The molecule has 4 nitrogen and oxygen atoms in total. The Hall–Kier alpha value is -7.56. The molecule has 2 aromatic heterocycles. The first kappa shape index (κ1) is 32.7. The maximum atomic E-state index is 5.16. The SMILES string of the molecule is C1=CC2=NC(c3ccccc3)C(c3ccc(-c4cc5ccc6cc(-c7ccc(-c8c(-c9ccccc9)nc9ccccn89)cc7)cc7ccc(c4)c5c67)cc3)N2C=C1. The Bertz CT molecular complexity index is 3200. The van der Waals surface area contributed by atoms with E-state index in [-0.39, 0.29) is 12.1 Å². The maximum Gasteiger partial charge on any atom is 0.137 e. The zero-order valence-electron chi connectivity index (χ0n) is 31.6. The summed E-state index contributed by atoms with van der Waals surface area (Å²) in [7, 11) is 0. The molecule has 0 saturated heterocycles. The van der Waals surface area contributed by atoms with E-state index >= 15 is 0 Å². The first-order valence-electron chi connectivity index (χ1n) is 20.0. The summed E-state index contributed by atoms with van der Waals surface area (Å²) in [6.07, 6.45) is 10.5. The Kier molecular flexibility index (Phi) is 7.32. The largest absolute Gasteiger partial charge is 0.323 e. The van der Waals surface area contributed by atoms with Crippen LogP contribution in [0.5, 0.6) is 0 Å². The van der Waals surface area contributed by atoms with Crippen LogP contribution < -0.4 is 0 Å². The van der Waals surface area contributed by atoms with Gasteiger partial charge in [-0.3, -0.25) is 9.39 Å². The van der Waals surface area contributed by atoms with E-state index < -0.39 is 0 Å². The second kappa shape index (κ2) is 13.0. The first-order chi connectivity index (χ1) is 28.7. The molecule has 2 aliphatic heterocycles.